The van der Waals surface area contributed by atoms with Crippen molar-refractivity contribution in [2.24, 2.45) is 0 Å². The number of rotatable bonds is 7. The monoisotopic (exact) mass is 492 g/mol. The van der Waals surface area contributed by atoms with Gasteiger partial charge in [0.25, 0.3) is 0 Å². The molecule has 0 radical (unpaired) electrons. The van der Waals surface area contributed by atoms with Gasteiger partial charge in [0.15, 0.2) is 11.5 Å². The summed E-state index contributed by atoms with van der Waals surface area (Å²) < 4.78 is 40.3. The number of ether oxygens (including phenoxy) is 2. The number of nitrogens with one attached hydrogen (secondary N) is 2. The van der Waals surface area contributed by atoms with Crippen LogP contribution in [-0.4, -0.2) is 33.6 Å². The van der Waals surface area contributed by atoms with Crippen molar-refractivity contribution in [1.29, 1.82) is 0 Å². The lowest BCUT2D eigenvalue weighted by Crippen LogP contribution is -2.49. The third kappa shape index (κ3) is 5.33. The maximum atomic E-state index is 13.5. The van der Waals surface area contributed by atoms with E-state index >= 15 is 0 Å². The number of carbonyl (C=O) groups is 1. The van der Waals surface area contributed by atoms with Crippen molar-refractivity contribution in [3.8, 4) is 11.5 Å². The van der Waals surface area contributed by atoms with Crippen molar-refractivity contribution in [1.82, 2.24) is 10.0 Å². The number of hydrogen-bond acceptors (Lipinski definition) is 5. The van der Waals surface area contributed by atoms with Crippen LogP contribution in [0.1, 0.15) is 35.6 Å². The minimum Gasteiger partial charge on any atom is -0.486 e. The van der Waals surface area contributed by atoms with Crippen LogP contribution >= 0.6 is 0 Å². The molecule has 2 aliphatic rings. The lowest BCUT2D eigenvalue weighted by atomic mass is 9.87. The summed E-state index contributed by atoms with van der Waals surface area (Å²) in [5.41, 5.74) is 3.18. The predicted molar refractivity (Wildman–Crippen MR) is 132 cm³/mol. The topological polar surface area (TPSA) is 93.7 Å². The van der Waals surface area contributed by atoms with Gasteiger partial charge in [0.1, 0.15) is 19.3 Å². The molecule has 0 fully saturated rings. The standard InChI is InChI=1S/C27H28N2O5S/c30-27(28-23-12-6-10-20-9-4-5-11-22(20)23)24(17-19-7-2-1-3-8-19)29-35(31,32)21-13-14-25-26(18-21)34-16-15-33-25/h1-5,7-9,11,13-14,18,23-24,29H,6,10,12,15-17H2,(H,28,30)/t23-,24+/m1/s1. The van der Waals surface area contributed by atoms with E-state index in [-0.39, 0.29) is 23.3 Å². The summed E-state index contributed by atoms with van der Waals surface area (Å²) in [7, 11) is -4.01. The molecule has 7 nitrogen and oxygen atoms in total. The molecular weight excluding hydrogens is 464 g/mol. The maximum absolute atomic E-state index is 13.5. The number of aryl methyl sites for hydroxylation is 1. The summed E-state index contributed by atoms with van der Waals surface area (Å²) in [4.78, 5) is 13.5. The number of sulfonamides is 1. The van der Waals surface area contributed by atoms with E-state index in [0.717, 1.165) is 30.4 Å². The van der Waals surface area contributed by atoms with Crippen LogP contribution in [0.15, 0.2) is 77.7 Å². The average molecular weight is 493 g/mol. The van der Waals surface area contributed by atoms with Crippen molar-refractivity contribution >= 4 is 15.9 Å². The Morgan fingerprint density at radius 2 is 1.69 bits per heavy atom. The molecule has 2 atom stereocenters. The fourth-order valence-corrected chi connectivity index (χ4v) is 5.87. The Kier molecular flexibility index (Phi) is 6.74. The van der Waals surface area contributed by atoms with Crippen molar-refractivity contribution in [3.63, 3.8) is 0 Å². The molecule has 0 unspecified atom stereocenters. The van der Waals surface area contributed by atoms with Crippen LogP contribution in [0, 0.1) is 0 Å². The minimum absolute atomic E-state index is 0.0237. The number of fused-ring (bicyclic) bond motifs is 2. The lowest BCUT2D eigenvalue weighted by Gasteiger charge is -2.28. The second-order valence-electron chi connectivity index (χ2n) is 8.82. The molecule has 1 aliphatic carbocycles. The zero-order chi connectivity index (χ0) is 24.3. The van der Waals surface area contributed by atoms with Gasteiger partial charge in [0.2, 0.25) is 15.9 Å². The van der Waals surface area contributed by atoms with E-state index < -0.39 is 16.1 Å². The van der Waals surface area contributed by atoms with Gasteiger partial charge in [-0.05, 0) is 54.5 Å². The third-order valence-electron chi connectivity index (χ3n) is 6.41. The van der Waals surface area contributed by atoms with Crippen LogP contribution < -0.4 is 19.5 Å². The SMILES string of the molecule is O=C(N[C@@H]1CCCc2ccccc21)[C@H](Cc1ccccc1)NS(=O)(=O)c1ccc2c(c1)OCCO2. The molecule has 0 aromatic heterocycles. The fourth-order valence-electron chi connectivity index (χ4n) is 4.66. The normalized spacial score (nSPS) is 17.8. The molecule has 0 bridgehead atoms. The number of benzene rings is 3. The highest BCUT2D eigenvalue weighted by molar-refractivity contribution is 7.89. The second kappa shape index (κ2) is 10.1. The minimum atomic E-state index is -4.01. The Bertz CT molecular complexity index is 1310. The van der Waals surface area contributed by atoms with Gasteiger partial charge in [-0.3, -0.25) is 4.79 Å². The maximum Gasteiger partial charge on any atom is 0.241 e. The molecule has 3 aromatic carbocycles. The quantitative estimate of drug-likeness (QED) is 0.526. The lowest BCUT2D eigenvalue weighted by molar-refractivity contribution is -0.123. The van der Waals surface area contributed by atoms with E-state index in [1.54, 1.807) is 6.07 Å². The molecule has 182 valence electrons. The first kappa shape index (κ1) is 23.4. The highest BCUT2D eigenvalue weighted by atomic mass is 32.2. The van der Waals surface area contributed by atoms with Gasteiger partial charge < -0.3 is 14.8 Å². The van der Waals surface area contributed by atoms with Crippen LogP contribution in [0.3, 0.4) is 0 Å². The predicted octanol–water partition coefficient (Wildman–Crippen LogP) is 3.54. The molecular formula is C27H28N2O5S. The fraction of sp³-hybridized carbons (Fsp3) is 0.296. The summed E-state index contributed by atoms with van der Waals surface area (Å²) in [5.74, 6) is 0.531. The van der Waals surface area contributed by atoms with Crippen LogP contribution in [0.25, 0.3) is 0 Å². The Hall–Kier alpha value is -3.36. The first-order valence-electron chi connectivity index (χ1n) is 11.8. The number of amides is 1. The van der Waals surface area contributed by atoms with E-state index in [1.807, 2.05) is 48.5 Å². The van der Waals surface area contributed by atoms with Crippen LogP contribution in [-0.2, 0) is 27.7 Å². The van der Waals surface area contributed by atoms with Gasteiger partial charge in [-0.2, -0.15) is 4.72 Å². The van der Waals surface area contributed by atoms with Gasteiger partial charge in [-0.25, -0.2) is 8.42 Å². The highest BCUT2D eigenvalue weighted by Crippen LogP contribution is 2.32. The molecule has 0 saturated carbocycles. The first-order valence-corrected chi connectivity index (χ1v) is 13.3. The van der Waals surface area contributed by atoms with E-state index in [2.05, 4.69) is 16.1 Å². The largest absolute Gasteiger partial charge is 0.486 e. The number of hydrogen-bond donors (Lipinski definition) is 2. The highest BCUT2D eigenvalue weighted by Gasteiger charge is 2.30. The van der Waals surface area contributed by atoms with E-state index in [9.17, 15) is 13.2 Å². The Morgan fingerprint density at radius 3 is 2.51 bits per heavy atom. The molecule has 1 aliphatic heterocycles. The van der Waals surface area contributed by atoms with Crippen molar-refractivity contribution in [2.75, 3.05) is 13.2 Å². The van der Waals surface area contributed by atoms with Gasteiger partial charge >= 0.3 is 0 Å². The molecule has 1 heterocycles. The second-order valence-corrected chi connectivity index (χ2v) is 10.5. The number of carbonyl (C=O) groups excluding carboxylic acids is 1. The van der Waals surface area contributed by atoms with E-state index in [1.165, 1.54) is 17.7 Å². The third-order valence-corrected chi connectivity index (χ3v) is 7.88. The Morgan fingerprint density at radius 1 is 0.943 bits per heavy atom. The van der Waals surface area contributed by atoms with Crippen molar-refractivity contribution in [3.05, 3.63) is 89.5 Å². The summed E-state index contributed by atoms with van der Waals surface area (Å²) >= 11 is 0. The van der Waals surface area contributed by atoms with Gasteiger partial charge in [-0.15, -0.1) is 0 Å². The van der Waals surface area contributed by atoms with Gasteiger partial charge in [0, 0.05) is 6.07 Å². The van der Waals surface area contributed by atoms with Crippen LogP contribution in [0.2, 0.25) is 0 Å². The van der Waals surface area contributed by atoms with Crippen LogP contribution in [0.5, 0.6) is 11.5 Å². The van der Waals surface area contributed by atoms with Crippen LogP contribution in [0.4, 0.5) is 0 Å². The van der Waals surface area contributed by atoms with Gasteiger partial charge in [0.05, 0.1) is 10.9 Å². The molecule has 2 N–H and O–H groups in total. The zero-order valence-electron chi connectivity index (χ0n) is 19.3. The average Bonchev–Trinajstić information content (AvgIpc) is 2.89. The molecule has 0 spiro atoms. The molecule has 8 heteroatoms. The Labute approximate surface area is 205 Å². The first-order chi connectivity index (χ1) is 17.0. The van der Waals surface area contributed by atoms with Gasteiger partial charge in [-0.1, -0.05) is 54.6 Å². The Balaban J connectivity index is 1.40. The van der Waals surface area contributed by atoms with E-state index in [0.29, 0.717) is 24.7 Å². The smallest absolute Gasteiger partial charge is 0.241 e. The summed E-state index contributed by atoms with van der Waals surface area (Å²) in [6.45, 7) is 0.771. The summed E-state index contributed by atoms with van der Waals surface area (Å²) in [5, 5.41) is 3.11. The molecule has 1 amide bonds. The summed E-state index contributed by atoms with van der Waals surface area (Å²) in [6, 6.07) is 20.8. The van der Waals surface area contributed by atoms with Crippen molar-refractivity contribution in [2.45, 2.75) is 42.7 Å². The molecule has 3 aromatic rings. The van der Waals surface area contributed by atoms with E-state index in [4.69, 9.17) is 9.47 Å². The zero-order valence-corrected chi connectivity index (χ0v) is 20.1. The molecule has 5 rings (SSSR count). The summed E-state index contributed by atoms with van der Waals surface area (Å²) in [6.07, 6.45) is 2.99. The molecule has 35 heavy (non-hydrogen) atoms. The van der Waals surface area contributed by atoms with Crippen molar-refractivity contribution < 1.29 is 22.7 Å². The molecule has 0 saturated heterocycles.